The van der Waals surface area contributed by atoms with E-state index in [-0.39, 0.29) is 0 Å². The normalized spacial score (nSPS) is 10.5. The number of rotatable bonds is 7. The van der Waals surface area contributed by atoms with Crippen LogP contribution in [0.25, 0.3) is 0 Å². The molecule has 0 atom stereocenters. The van der Waals surface area contributed by atoms with Crippen LogP contribution in [0.4, 0.5) is 0 Å². The molecule has 1 aromatic heterocycles. The van der Waals surface area contributed by atoms with Crippen LogP contribution in [-0.4, -0.2) is 13.2 Å². The smallest absolute Gasteiger partial charge is 0.119 e. The van der Waals surface area contributed by atoms with Crippen LogP contribution in [0.1, 0.15) is 12.2 Å². The number of halogens is 1. The summed E-state index contributed by atoms with van der Waals surface area (Å²) in [4.78, 5) is 0. The van der Waals surface area contributed by atoms with E-state index in [0.717, 1.165) is 36.0 Å². The first-order chi connectivity index (χ1) is 8.84. The maximum absolute atomic E-state index is 5.79. The van der Waals surface area contributed by atoms with Crippen molar-refractivity contribution in [2.24, 2.45) is 0 Å². The van der Waals surface area contributed by atoms with Crippen molar-refractivity contribution in [3.63, 3.8) is 0 Å². The zero-order chi connectivity index (χ0) is 12.6. The average molecular weight is 266 g/mol. The second-order valence-corrected chi connectivity index (χ2v) is 4.35. The van der Waals surface area contributed by atoms with E-state index in [1.807, 2.05) is 36.4 Å². The minimum absolute atomic E-state index is 0.687. The Morgan fingerprint density at radius 2 is 2.00 bits per heavy atom. The molecule has 0 spiro atoms. The molecule has 0 saturated carbocycles. The van der Waals surface area contributed by atoms with Crippen LogP contribution in [0.2, 0.25) is 5.02 Å². The first-order valence-corrected chi connectivity index (χ1v) is 6.34. The lowest BCUT2D eigenvalue weighted by Gasteiger charge is -2.06. The fourth-order valence-corrected chi connectivity index (χ4v) is 1.67. The Morgan fingerprint density at radius 3 is 2.72 bits per heavy atom. The van der Waals surface area contributed by atoms with Crippen molar-refractivity contribution >= 4 is 11.6 Å². The first kappa shape index (κ1) is 13.0. The molecule has 2 aromatic rings. The fraction of sp³-hybridized carbons (Fsp3) is 0.286. The predicted octanol–water partition coefficient (Wildman–Crippen LogP) is 3.49. The van der Waals surface area contributed by atoms with E-state index < -0.39 is 0 Å². The summed E-state index contributed by atoms with van der Waals surface area (Å²) in [6.45, 7) is 2.34. The third kappa shape index (κ3) is 4.43. The molecule has 1 N–H and O–H groups in total. The number of hydrogen-bond acceptors (Lipinski definition) is 3. The fourth-order valence-electron chi connectivity index (χ4n) is 1.54. The van der Waals surface area contributed by atoms with Gasteiger partial charge in [0.2, 0.25) is 0 Å². The average Bonchev–Trinajstić information content (AvgIpc) is 2.89. The van der Waals surface area contributed by atoms with Crippen LogP contribution in [0.15, 0.2) is 47.1 Å². The minimum Gasteiger partial charge on any atom is -0.494 e. The van der Waals surface area contributed by atoms with E-state index in [4.69, 9.17) is 20.8 Å². The summed E-state index contributed by atoms with van der Waals surface area (Å²) in [6.07, 6.45) is 2.63. The monoisotopic (exact) mass is 265 g/mol. The second-order valence-electron chi connectivity index (χ2n) is 3.91. The summed E-state index contributed by atoms with van der Waals surface area (Å²) >= 11 is 5.79. The number of ether oxygens (including phenoxy) is 1. The predicted molar refractivity (Wildman–Crippen MR) is 72.0 cm³/mol. The molecule has 1 aromatic carbocycles. The van der Waals surface area contributed by atoms with E-state index in [1.54, 1.807) is 6.26 Å². The molecule has 96 valence electrons. The van der Waals surface area contributed by atoms with Gasteiger partial charge in [0.15, 0.2) is 0 Å². The molecule has 0 aliphatic heterocycles. The largest absolute Gasteiger partial charge is 0.494 e. The van der Waals surface area contributed by atoms with Gasteiger partial charge in [0.25, 0.3) is 0 Å². The first-order valence-electron chi connectivity index (χ1n) is 5.96. The van der Waals surface area contributed by atoms with Crippen LogP contribution in [0, 0.1) is 0 Å². The van der Waals surface area contributed by atoms with Crippen molar-refractivity contribution in [3.8, 4) is 5.75 Å². The van der Waals surface area contributed by atoms with E-state index in [9.17, 15) is 0 Å². The Balaban J connectivity index is 1.55. The van der Waals surface area contributed by atoms with Gasteiger partial charge in [-0.3, -0.25) is 0 Å². The standard InChI is InChI=1S/C14H16ClNO2/c15-12-4-6-13(7-5-12)17-10-2-8-16-11-14-3-1-9-18-14/h1,3-7,9,16H,2,8,10-11H2. The highest BCUT2D eigenvalue weighted by Crippen LogP contribution is 2.15. The Morgan fingerprint density at radius 1 is 1.17 bits per heavy atom. The number of hydrogen-bond donors (Lipinski definition) is 1. The highest BCUT2D eigenvalue weighted by Gasteiger charge is 1.96. The highest BCUT2D eigenvalue weighted by atomic mass is 35.5. The van der Waals surface area contributed by atoms with E-state index in [2.05, 4.69) is 5.32 Å². The molecule has 0 amide bonds. The van der Waals surface area contributed by atoms with Crippen molar-refractivity contribution in [2.45, 2.75) is 13.0 Å². The molecule has 0 unspecified atom stereocenters. The van der Waals surface area contributed by atoms with Gasteiger partial charge < -0.3 is 14.5 Å². The second kappa shape index (κ2) is 7.09. The van der Waals surface area contributed by atoms with Gasteiger partial charge in [-0.2, -0.15) is 0 Å². The van der Waals surface area contributed by atoms with Gasteiger partial charge in [-0.05, 0) is 49.4 Å². The van der Waals surface area contributed by atoms with Crippen molar-refractivity contribution in [3.05, 3.63) is 53.4 Å². The quantitative estimate of drug-likeness (QED) is 0.778. The third-order valence-corrected chi connectivity index (χ3v) is 2.71. The Labute approximate surface area is 112 Å². The molecule has 4 heteroatoms. The molecule has 0 aliphatic rings. The molecule has 0 fully saturated rings. The summed E-state index contributed by atoms with van der Waals surface area (Å²) in [5.74, 6) is 1.80. The maximum atomic E-state index is 5.79. The van der Waals surface area contributed by atoms with Crippen LogP contribution in [0.5, 0.6) is 5.75 Å². The molecule has 1 heterocycles. The van der Waals surface area contributed by atoms with Crippen molar-refractivity contribution in [2.75, 3.05) is 13.2 Å². The van der Waals surface area contributed by atoms with Gasteiger partial charge in [-0.25, -0.2) is 0 Å². The van der Waals surface area contributed by atoms with Crippen LogP contribution >= 0.6 is 11.6 Å². The van der Waals surface area contributed by atoms with E-state index >= 15 is 0 Å². The van der Waals surface area contributed by atoms with Gasteiger partial charge in [0.1, 0.15) is 11.5 Å². The Bertz CT molecular complexity index is 439. The van der Waals surface area contributed by atoms with Gasteiger partial charge >= 0.3 is 0 Å². The molecule has 0 bridgehead atoms. The lowest BCUT2D eigenvalue weighted by molar-refractivity contribution is 0.307. The minimum atomic E-state index is 0.687. The van der Waals surface area contributed by atoms with Crippen LogP contribution in [0.3, 0.4) is 0 Å². The Kier molecular flexibility index (Phi) is 5.12. The molecular formula is C14H16ClNO2. The van der Waals surface area contributed by atoms with Crippen molar-refractivity contribution in [1.29, 1.82) is 0 Å². The SMILES string of the molecule is Clc1ccc(OCCCNCc2ccco2)cc1. The summed E-state index contributed by atoms with van der Waals surface area (Å²) in [5, 5.41) is 4.01. The Hall–Kier alpha value is -1.45. The zero-order valence-electron chi connectivity index (χ0n) is 10.1. The van der Waals surface area contributed by atoms with Crippen LogP contribution in [-0.2, 0) is 6.54 Å². The molecule has 18 heavy (non-hydrogen) atoms. The lowest BCUT2D eigenvalue weighted by Crippen LogP contribution is -2.16. The van der Waals surface area contributed by atoms with Crippen molar-refractivity contribution in [1.82, 2.24) is 5.32 Å². The number of nitrogens with one attached hydrogen (secondary N) is 1. The molecular weight excluding hydrogens is 250 g/mol. The van der Waals surface area contributed by atoms with Gasteiger partial charge in [-0.15, -0.1) is 0 Å². The topological polar surface area (TPSA) is 34.4 Å². The summed E-state index contributed by atoms with van der Waals surface area (Å²) in [7, 11) is 0. The van der Waals surface area contributed by atoms with Crippen LogP contribution < -0.4 is 10.1 Å². The van der Waals surface area contributed by atoms with E-state index in [0.29, 0.717) is 6.61 Å². The lowest BCUT2D eigenvalue weighted by atomic mass is 10.3. The summed E-state index contributed by atoms with van der Waals surface area (Å²) in [5.41, 5.74) is 0. The zero-order valence-corrected chi connectivity index (χ0v) is 10.8. The summed E-state index contributed by atoms with van der Waals surface area (Å²) < 4.78 is 10.8. The highest BCUT2D eigenvalue weighted by molar-refractivity contribution is 6.30. The molecule has 0 radical (unpaired) electrons. The number of furan rings is 1. The molecule has 2 rings (SSSR count). The maximum Gasteiger partial charge on any atom is 0.119 e. The third-order valence-electron chi connectivity index (χ3n) is 2.46. The molecule has 3 nitrogen and oxygen atoms in total. The molecule has 0 saturated heterocycles. The van der Waals surface area contributed by atoms with Crippen molar-refractivity contribution < 1.29 is 9.15 Å². The van der Waals surface area contributed by atoms with Gasteiger partial charge in [0, 0.05) is 5.02 Å². The number of benzene rings is 1. The van der Waals surface area contributed by atoms with Gasteiger partial charge in [-0.1, -0.05) is 11.6 Å². The van der Waals surface area contributed by atoms with E-state index in [1.165, 1.54) is 0 Å². The molecule has 0 aliphatic carbocycles. The summed E-state index contributed by atoms with van der Waals surface area (Å²) in [6, 6.07) is 11.2. The van der Waals surface area contributed by atoms with Gasteiger partial charge in [0.05, 0.1) is 19.4 Å².